The fourth-order valence-corrected chi connectivity index (χ4v) is 0.767. The minimum atomic E-state index is 0.304. The summed E-state index contributed by atoms with van der Waals surface area (Å²) in [4.78, 5) is 6.39. The number of aromatic nitrogens is 1. The van der Waals surface area contributed by atoms with Gasteiger partial charge in [0.2, 0.25) is 0 Å². The highest BCUT2D eigenvalue weighted by molar-refractivity contribution is 5.35. The molecule has 1 heterocycles. The molecule has 0 aromatic carbocycles. The van der Waals surface area contributed by atoms with Crippen molar-refractivity contribution in [3.8, 4) is 5.75 Å². The Morgan fingerprint density at radius 3 is 3.23 bits per heavy atom. The van der Waals surface area contributed by atoms with Crippen LogP contribution in [0.4, 0.5) is 5.82 Å². The number of azide groups is 1. The van der Waals surface area contributed by atoms with E-state index in [0.717, 1.165) is 0 Å². The molecule has 0 radical (unpaired) electrons. The van der Waals surface area contributed by atoms with Gasteiger partial charge < -0.3 is 10.5 Å². The Morgan fingerprint density at radius 1 is 1.69 bits per heavy atom. The van der Waals surface area contributed by atoms with Crippen LogP contribution in [0.25, 0.3) is 10.4 Å². The van der Waals surface area contributed by atoms with Crippen LogP contribution in [0, 0.1) is 0 Å². The largest absolute Gasteiger partial charge is 0.493 e. The summed E-state index contributed by atoms with van der Waals surface area (Å²) in [5.74, 6) is 1.03. The van der Waals surface area contributed by atoms with Gasteiger partial charge >= 0.3 is 0 Å². The number of nitrogens with zero attached hydrogens (tertiary/aromatic N) is 4. The third-order valence-electron chi connectivity index (χ3n) is 1.28. The van der Waals surface area contributed by atoms with Gasteiger partial charge in [-0.3, -0.25) is 0 Å². The van der Waals surface area contributed by atoms with E-state index in [2.05, 4.69) is 15.0 Å². The topological polar surface area (TPSA) is 96.9 Å². The van der Waals surface area contributed by atoms with E-state index >= 15 is 0 Å². The first-order valence-corrected chi connectivity index (χ1v) is 3.68. The van der Waals surface area contributed by atoms with Crippen molar-refractivity contribution in [1.29, 1.82) is 0 Å². The van der Waals surface area contributed by atoms with E-state index in [-0.39, 0.29) is 0 Å². The summed E-state index contributed by atoms with van der Waals surface area (Å²) < 4.78 is 5.20. The maximum absolute atomic E-state index is 7.98. The first-order chi connectivity index (χ1) is 6.33. The summed E-state index contributed by atoms with van der Waals surface area (Å²) >= 11 is 0. The lowest BCUT2D eigenvalue weighted by Crippen LogP contribution is -2.01. The highest BCUT2D eigenvalue weighted by Gasteiger charge is 1.93. The van der Waals surface area contributed by atoms with Gasteiger partial charge in [0, 0.05) is 17.2 Å². The molecule has 0 saturated carbocycles. The van der Waals surface area contributed by atoms with E-state index in [1.54, 1.807) is 18.3 Å². The first kappa shape index (κ1) is 9.15. The molecule has 0 atom stereocenters. The first-order valence-electron chi connectivity index (χ1n) is 3.68. The van der Waals surface area contributed by atoms with Gasteiger partial charge in [0.15, 0.2) is 0 Å². The molecular weight excluding hydrogens is 170 g/mol. The number of anilines is 1. The van der Waals surface area contributed by atoms with Gasteiger partial charge in [-0.05, 0) is 11.6 Å². The van der Waals surface area contributed by atoms with Gasteiger partial charge in [0.05, 0.1) is 13.2 Å². The molecule has 0 aliphatic carbocycles. The lowest BCUT2D eigenvalue weighted by Gasteiger charge is -2.03. The predicted molar refractivity (Wildman–Crippen MR) is 48.2 cm³/mol. The Bertz CT molecular complexity index is 320. The van der Waals surface area contributed by atoms with Crippen LogP contribution in [0.3, 0.4) is 0 Å². The third kappa shape index (κ3) is 3.31. The molecule has 2 N–H and O–H groups in total. The lowest BCUT2D eigenvalue weighted by atomic mass is 10.4. The van der Waals surface area contributed by atoms with Crippen molar-refractivity contribution in [2.45, 2.75) is 0 Å². The molecule has 0 saturated heterocycles. The molecule has 13 heavy (non-hydrogen) atoms. The molecule has 0 amide bonds. The highest BCUT2D eigenvalue weighted by Crippen LogP contribution is 2.11. The number of hydrogen-bond donors (Lipinski definition) is 1. The SMILES string of the molecule is [N-]=[N+]=NCCOc1ccnc(N)c1. The van der Waals surface area contributed by atoms with Gasteiger partial charge in [-0.2, -0.15) is 0 Å². The molecule has 0 spiro atoms. The number of nitrogens with two attached hydrogens (primary N) is 1. The number of rotatable bonds is 4. The summed E-state index contributed by atoms with van der Waals surface area (Å²) in [5.41, 5.74) is 13.4. The van der Waals surface area contributed by atoms with Crippen LogP contribution >= 0.6 is 0 Å². The van der Waals surface area contributed by atoms with Crippen LogP contribution in [0.15, 0.2) is 23.4 Å². The molecular formula is C7H9N5O. The van der Waals surface area contributed by atoms with E-state index in [9.17, 15) is 0 Å². The second kappa shape index (κ2) is 4.84. The van der Waals surface area contributed by atoms with Gasteiger partial charge in [0.1, 0.15) is 11.6 Å². The van der Waals surface area contributed by atoms with Crippen LogP contribution in [0.2, 0.25) is 0 Å². The Morgan fingerprint density at radius 2 is 2.54 bits per heavy atom. The Hall–Kier alpha value is -1.94. The summed E-state index contributed by atoms with van der Waals surface area (Å²) in [7, 11) is 0. The number of ether oxygens (including phenoxy) is 1. The molecule has 1 aromatic rings. The third-order valence-corrected chi connectivity index (χ3v) is 1.28. The van der Waals surface area contributed by atoms with Crippen LogP contribution in [0.1, 0.15) is 0 Å². The molecule has 6 heteroatoms. The molecule has 1 rings (SSSR count). The van der Waals surface area contributed by atoms with Crippen LogP contribution in [-0.2, 0) is 0 Å². The maximum Gasteiger partial charge on any atom is 0.126 e. The fourth-order valence-electron chi connectivity index (χ4n) is 0.767. The average molecular weight is 179 g/mol. The molecule has 0 bridgehead atoms. The molecule has 0 unspecified atom stereocenters. The lowest BCUT2D eigenvalue weighted by molar-refractivity contribution is 0.328. The number of hydrogen-bond acceptors (Lipinski definition) is 4. The molecule has 6 nitrogen and oxygen atoms in total. The van der Waals surface area contributed by atoms with Gasteiger partial charge in [-0.1, -0.05) is 5.11 Å². The average Bonchev–Trinajstić information content (AvgIpc) is 2.13. The molecule has 0 aliphatic rings. The second-order valence-corrected chi connectivity index (χ2v) is 2.22. The second-order valence-electron chi connectivity index (χ2n) is 2.22. The minimum Gasteiger partial charge on any atom is -0.493 e. The van der Waals surface area contributed by atoms with Crippen molar-refractivity contribution in [1.82, 2.24) is 4.98 Å². The van der Waals surface area contributed by atoms with Gasteiger partial charge in [0.25, 0.3) is 0 Å². The number of pyridine rings is 1. The molecule has 68 valence electrons. The van der Waals surface area contributed by atoms with Gasteiger partial charge in [-0.15, -0.1) is 0 Å². The molecule has 1 aromatic heterocycles. The zero-order valence-electron chi connectivity index (χ0n) is 6.92. The summed E-state index contributed by atoms with van der Waals surface area (Å²) in [6.45, 7) is 0.645. The molecule has 0 fully saturated rings. The summed E-state index contributed by atoms with van der Waals surface area (Å²) in [5, 5.41) is 3.32. The Kier molecular flexibility index (Phi) is 3.41. The maximum atomic E-state index is 7.98. The van der Waals surface area contributed by atoms with Crippen molar-refractivity contribution < 1.29 is 4.74 Å². The zero-order valence-corrected chi connectivity index (χ0v) is 6.92. The monoisotopic (exact) mass is 179 g/mol. The number of nitrogen functional groups attached to an aromatic ring is 1. The standard InChI is InChI=1S/C7H9N5O/c8-7-5-6(1-2-10-7)13-4-3-11-12-9/h1-2,5H,3-4H2,(H2,8,10). The summed E-state index contributed by atoms with van der Waals surface area (Å²) in [6, 6.07) is 3.29. The van der Waals surface area contributed by atoms with E-state index < -0.39 is 0 Å². The van der Waals surface area contributed by atoms with E-state index in [4.69, 9.17) is 16.0 Å². The van der Waals surface area contributed by atoms with Crippen molar-refractivity contribution in [2.24, 2.45) is 5.11 Å². The van der Waals surface area contributed by atoms with Crippen LogP contribution < -0.4 is 10.5 Å². The van der Waals surface area contributed by atoms with E-state index in [0.29, 0.717) is 24.7 Å². The van der Waals surface area contributed by atoms with Crippen molar-refractivity contribution in [3.05, 3.63) is 28.8 Å². The highest BCUT2D eigenvalue weighted by atomic mass is 16.5. The normalized spacial score (nSPS) is 8.92. The Balaban J connectivity index is 2.40. The summed E-state index contributed by atoms with van der Waals surface area (Å²) in [6.07, 6.45) is 1.55. The van der Waals surface area contributed by atoms with Crippen LogP contribution in [0.5, 0.6) is 5.75 Å². The van der Waals surface area contributed by atoms with Crippen molar-refractivity contribution >= 4 is 5.82 Å². The fraction of sp³-hybridized carbons (Fsp3) is 0.286. The quantitative estimate of drug-likeness (QED) is 0.327. The van der Waals surface area contributed by atoms with Crippen molar-refractivity contribution in [2.75, 3.05) is 18.9 Å². The van der Waals surface area contributed by atoms with E-state index in [1.807, 2.05) is 0 Å². The smallest absolute Gasteiger partial charge is 0.126 e. The Labute approximate surface area is 75.0 Å². The predicted octanol–water partition coefficient (Wildman–Crippen LogP) is 1.35. The van der Waals surface area contributed by atoms with Gasteiger partial charge in [-0.25, -0.2) is 4.98 Å². The van der Waals surface area contributed by atoms with Crippen molar-refractivity contribution in [3.63, 3.8) is 0 Å². The minimum absolute atomic E-state index is 0.304. The zero-order chi connectivity index (χ0) is 9.52. The molecule has 0 aliphatic heterocycles. The van der Waals surface area contributed by atoms with Crippen LogP contribution in [-0.4, -0.2) is 18.1 Å². The van der Waals surface area contributed by atoms with E-state index in [1.165, 1.54) is 0 Å².